The van der Waals surface area contributed by atoms with Crippen molar-refractivity contribution in [3.05, 3.63) is 11.6 Å². The maximum absolute atomic E-state index is 11.1. The van der Waals surface area contributed by atoms with Crippen molar-refractivity contribution in [2.45, 2.75) is 20.3 Å². The molecule has 13 heavy (non-hydrogen) atoms. The molecule has 1 aliphatic heterocycles. The lowest BCUT2D eigenvalue weighted by molar-refractivity contribution is 0.444. The summed E-state index contributed by atoms with van der Waals surface area (Å²) in [6.45, 7) is 4.67. The average Bonchev–Trinajstić information content (AvgIpc) is 2.04. The molecule has 0 bridgehead atoms. The topological polar surface area (TPSA) is 60.2 Å². The lowest BCUT2D eigenvalue weighted by atomic mass is 9.82. The van der Waals surface area contributed by atoms with Crippen LogP contribution in [0, 0.1) is 5.41 Å². The van der Waals surface area contributed by atoms with Crippen LogP contribution in [0.3, 0.4) is 0 Å². The summed E-state index contributed by atoms with van der Waals surface area (Å²) >= 11 is 0. The fourth-order valence-electron chi connectivity index (χ4n) is 1.42. The van der Waals surface area contributed by atoms with Gasteiger partial charge >= 0.3 is 0 Å². The normalized spacial score (nSPS) is 22.5. The highest BCUT2D eigenvalue weighted by atomic mass is 32.2. The molecular formula is C9H17NO2S. The van der Waals surface area contributed by atoms with Crippen LogP contribution in [-0.4, -0.2) is 26.5 Å². The van der Waals surface area contributed by atoms with Gasteiger partial charge in [0.1, 0.15) is 0 Å². The van der Waals surface area contributed by atoms with Crippen LogP contribution in [0.2, 0.25) is 0 Å². The van der Waals surface area contributed by atoms with Gasteiger partial charge < -0.3 is 5.73 Å². The molecule has 1 heterocycles. The molecule has 0 aromatic heterocycles. The number of hydrogen-bond donors (Lipinski definition) is 1. The molecule has 3 nitrogen and oxygen atoms in total. The van der Waals surface area contributed by atoms with E-state index >= 15 is 0 Å². The van der Waals surface area contributed by atoms with Gasteiger partial charge in [-0.3, -0.25) is 0 Å². The number of sulfone groups is 1. The second kappa shape index (κ2) is 3.42. The molecule has 0 atom stereocenters. The van der Waals surface area contributed by atoms with Crippen LogP contribution >= 0.6 is 0 Å². The zero-order chi connectivity index (χ0) is 10.1. The molecule has 1 aliphatic rings. The van der Waals surface area contributed by atoms with E-state index in [0.29, 0.717) is 13.0 Å². The van der Waals surface area contributed by atoms with E-state index in [2.05, 4.69) is 13.8 Å². The Kier molecular flexibility index (Phi) is 2.82. The standard InChI is InChI=1S/C9H17NO2S/c1-9(2,7-10)8-3-5-13(11,12)6-4-8/h3H,4-7,10H2,1-2H3. The van der Waals surface area contributed by atoms with E-state index in [4.69, 9.17) is 5.73 Å². The minimum absolute atomic E-state index is 0.0457. The fraction of sp³-hybridized carbons (Fsp3) is 0.778. The van der Waals surface area contributed by atoms with Crippen molar-refractivity contribution in [2.75, 3.05) is 18.1 Å². The average molecular weight is 203 g/mol. The maximum atomic E-state index is 11.1. The minimum Gasteiger partial charge on any atom is -0.330 e. The quantitative estimate of drug-likeness (QED) is 0.673. The van der Waals surface area contributed by atoms with E-state index in [-0.39, 0.29) is 16.9 Å². The Morgan fingerprint density at radius 2 is 2.15 bits per heavy atom. The Morgan fingerprint density at radius 1 is 1.54 bits per heavy atom. The molecule has 4 heteroatoms. The zero-order valence-electron chi connectivity index (χ0n) is 8.21. The van der Waals surface area contributed by atoms with Crippen molar-refractivity contribution in [3.8, 4) is 0 Å². The second-order valence-corrected chi connectivity index (χ2v) is 6.41. The van der Waals surface area contributed by atoms with Crippen LogP contribution in [0.5, 0.6) is 0 Å². The van der Waals surface area contributed by atoms with E-state index in [1.165, 1.54) is 5.57 Å². The molecule has 76 valence electrons. The molecule has 0 spiro atoms. The number of rotatable bonds is 2. The van der Waals surface area contributed by atoms with Crippen molar-refractivity contribution in [3.63, 3.8) is 0 Å². The molecule has 0 aromatic rings. The van der Waals surface area contributed by atoms with Crippen molar-refractivity contribution in [1.29, 1.82) is 0 Å². The Balaban J connectivity index is 2.82. The van der Waals surface area contributed by atoms with Gasteiger partial charge in [-0.25, -0.2) is 8.42 Å². The van der Waals surface area contributed by atoms with E-state index in [9.17, 15) is 8.42 Å². The molecular weight excluding hydrogens is 186 g/mol. The van der Waals surface area contributed by atoms with Crippen LogP contribution in [0.4, 0.5) is 0 Å². The van der Waals surface area contributed by atoms with Gasteiger partial charge in [0.25, 0.3) is 0 Å². The molecule has 0 fully saturated rings. The maximum Gasteiger partial charge on any atom is 0.154 e. The number of hydrogen-bond acceptors (Lipinski definition) is 3. The first-order chi connectivity index (χ1) is 5.87. The Morgan fingerprint density at radius 3 is 2.54 bits per heavy atom. The Labute approximate surface area is 79.9 Å². The first-order valence-electron chi connectivity index (χ1n) is 4.47. The minimum atomic E-state index is -2.80. The summed E-state index contributed by atoms with van der Waals surface area (Å²) in [5, 5.41) is 0. The molecule has 2 N–H and O–H groups in total. The zero-order valence-corrected chi connectivity index (χ0v) is 9.02. The van der Waals surface area contributed by atoms with E-state index in [1.807, 2.05) is 6.08 Å². The monoisotopic (exact) mass is 203 g/mol. The van der Waals surface area contributed by atoms with E-state index < -0.39 is 9.84 Å². The summed E-state index contributed by atoms with van der Waals surface area (Å²) in [5.74, 6) is 0.466. The predicted molar refractivity (Wildman–Crippen MR) is 54.2 cm³/mol. The summed E-state index contributed by atoms with van der Waals surface area (Å²) < 4.78 is 22.3. The van der Waals surface area contributed by atoms with Crippen LogP contribution < -0.4 is 5.73 Å². The van der Waals surface area contributed by atoms with Gasteiger partial charge in [-0.1, -0.05) is 25.5 Å². The van der Waals surface area contributed by atoms with Gasteiger partial charge in [-0.2, -0.15) is 0 Å². The van der Waals surface area contributed by atoms with E-state index in [1.54, 1.807) is 0 Å². The summed E-state index contributed by atoms with van der Waals surface area (Å²) in [7, 11) is -2.80. The summed E-state index contributed by atoms with van der Waals surface area (Å²) in [6, 6.07) is 0. The van der Waals surface area contributed by atoms with Crippen molar-refractivity contribution in [1.82, 2.24) is 0 Å². The molecule has 0 aliphatic carbocycles. The highest BCUT2D eigenvalue weighted by Crippen LogP contribution is 2.30. The van der Waals surface area contributed by atoms with Crippen molar-refractivity contribution >= 4 is 9.84 Å². The molecule has 1 rings (SSSR count). The third kappa shape index (κ3) is 2.54. The summed E-state index contributed by atoms with van der Waals surface area (Å²) in [6.07, 6.45) is 2.47. The molecule has 0 radical (unpaired) electrons. The van der Waals surface area contributed by atoms with Crippen LogP contribution in [-0.2, 0) is 9.84 Å². The largest absolute Gasteiger partial charge is 0.330 e. The molecule has 0 saturated heterocycles. The third-order valence-corrected chi connectivity index (χ3v) is 4.15. The van der Waals surface area contributed by atoms with Gasteiger partial charge in [0.2, 0.25) is 0 Å². The summed E-state index contributed by atoms with van der Waals surface area (Å²) in [5.41, 5.74) is 6.75. The van der Waals surface area contributed by atoms with Gasteiger partial charge in [-0.15, -0.1) is 0 Å². The summed E-state index contributed by atoms with van der Waals surface area (Å²) in [4.78, 5) is 0. The molecule has 0 amide bonds. The van der Waals surface area contributed by atoms with Gasteiger partial charge in [-0.05, 0) is 11.8 Å². The first kappa shape index (κ1) is 10.7. The van der Waals surface area contributed by atoms with Gasteiger partial charge in [0.15, 0.2) is 9.84 Å². The van der Waals surface area contributed by atoms with Crippen molar-refractivity contribution in [2.24, 2.45) is 11.1 Å². The lowest BCUT2D eigenvalue weighted by Crippen LogP contribution is -2.30. The second-order valence-electron chi connectivity index (χ2n) is 4.18. The Bertz CT molecular complexity index is 315. The predicted octanol–water partition coefficient (Wildman–Crippen LogP) is 0.716. The molecule has 0 unspecified atom stereocenters. The van der Waals surface area contributed by atoms with Gasteiger partial charge in [0, 0.05) is 6.54 Å². The highest BCUT2D eigenvalue weighted by molar-refractivity contribution is 7.91. The van der Waals surface area contributed by atoms with Crippen LogP contribution in [0.15, 0.2) is 11.6 Å². The number of nitrogens with two attached hydrogens (primary N) is 1. The third-order valence-electron chi connectivity index (χ3n) is 2.65. The first-order valence-corrected chi connectivity index (χ1v) is 6.29. The van der Waals surface area contributed by atoms with Crippen LogP contribution in [0.1, 0.15) is 20.3 Å². The SMILES string of the molecule is CC(C)(CN)C1=CCS(=O)(=O)CC1. The smallest absolute Gasteiger partial charge is 0.154 e. The Hall–Kier alpha value is -0.350. The van der Waals surface area contributed by atoms with Crippen molar-refractivity contribution < 1.29 is 8.42 Å². The van der Waals surface area contributed by atoms with E-state index in [0.717, 1.165) is 0 Å². The molecule has 0 saturated carbocycles. The molecule has 0 aromatic carbocycles. The van der Waals surface area contributed by atoms with Crippen LogP contribution in [0.25, 0.3) is 0 Å². The van der Waals surface area contributed by atoms with Gasteiger partial charge in [0.05, 0.1) is 11.5 Å². The highest BCUT2D eigenvalue weighted by Gasteiger charge is 2.26. The fourth-order valence-corrected chi connectivity index (χ4v) is 2.58. The lowest BCUT2D eigenvalue weighted by Gasteiger charge is -2.28.